The second-order valence-electron chi connectivity index (χ2n) is 3.90. The molecule has 4 nitrogen and oxygen atoms in total. The summed E-state index contributed by atoms with van der Waals surface area (Å²) in [5, 5.41) is 0. The van der Waals surface area contributed by atoms with Gasteiger partial charge < -0.3 is 0 Å². The molecule has 0 bridgehead atoms. The van der Waals surface area contributed by atoms with Gasteiger partial charge in [-0.15, -0.1) is 0 Å². The van der Waals surface area contributed by atoms with Gasteiger partial charge in [-0.2, -0.15) is 0 Å². The highest BCUT2D eigenvalue weighted by atomic mass is 32.2. The van der Waals surface area contributed by atoms with E-state index in [2.05, 4.69) is 6.07 Å². The van der Waals surface area contributed by atoms with Crippen LogP contribution in [0.3, 0.4) is 0 Å². The molecule has 1 amide bonds. The SMILES string of the molecule is CC(C)CS(=O)(=O)NC(=O)c1cc[c]cc1. The summed E-state index contributed by atoms with van der Waals surface area (Å²) in [6.45, 7) is 3.56. The van der Waals surface area contributed by atoms with Crippen LogP contribution in [-0.4, -0.2) is 20.1 Å². The third-order valence-electron chi connectivity index (χ3n) is 1.78. The molecular weight excluding hydrogens is 226 g/mol. The van der Waals surface area contributed by atoms with Gasteiger partial charge in [0.05, 0.1) is 5.75 Å². The van der Waals surface area contributed by atoms with Crippen molar-refractivity contribution < 1.29 is 13.2 Å². The highest BCUT2D eigenvalue weighted by Crippen LogP contribution is 2.01. The monoisotopic (exact) mass is 240 g/mol. The van der Waals surface area contributed by atoms with Gasteiger partial charge in [0.2, 0.25) is 10.0 Å². The van der Waals surface area contributed by atoms with Crippen LogP contribution in [0.4, 0.5) is 0 Å². The zero-order valence-electron chi connectivity index (χ0n) is 9.23. The van der Waals surface area contributed by atoms with Crippen LogP contribution in [0.2, 0.25) is 0 Å². The van der Waals surface area contributed by atoms with E-state index in [1.54, 1.807) is 26.0 Å². The topological polar surface area (TPSA) is 63.2 Å². The smallest absolute Gasteiger partial charge is 0.264 e. The van der Waals surface area contributed by atoms with Crippen LogP contribution in [-0.2, 0) is 10.0 Å². The van der Waals surface area contributed by atoms with Crippen LogP contribution in [0, 0.1) is 12.0 Å². The first-order chi connectivity index (χ1) is 7.41. The maximum Gasteiger partial charge on any atom is 0.264 e. The summed E-state index contributed by atoms with van der Waals surface area (Å²) < 4.78 is 25.0. The van der Waals surface area contributed by atoms with Gasteiger partial charge in [0.15, 0.2) is 0 Å². The Morgan fingerprint density at radius 2 is 1.94 bits per heavy atom. The molecular formula is C11H14NO3S. The minimum atomic E-state index is -3.54. The van der Waals surface area contributed by atoms with Crippen molar-refractivity contribution in [2.75, 3.05) is 5.75 Å². The Morgan fingerprint density at radius 3 is 2.44 bits per heavy atom. The van der Waals surface area contributed by atoms with Gasteiger partial charge in [-0.05, 0) is 24.1 Å². The molecule has 0 aromatic heterocycles. The minimum Gasteiger partial charge on any atom is -0.268 e. The maximum atomic E-state index is 11.5. The molecule has 0 saturated heterocycles. The first-order valence-corrected chi connectivity index (χ1v) is 6.57. The molecule has 1 radical (unpaired) electrons. The molecule has 0 aliphatic carbocycles. The van der Waals surface area contributed by atoms with E-state index in [1.807, 2.05) is 4.72 Å². The second-order valence-corrected chi connectivity index (χ2v) is 5.66. The molecule has 16 heavy (non-hydrogen) atoms. The van der Waals surface area contributed by atoms with E-state index in [0.29, 0.717) is 5.56 Å². The van der Waals surface area contributed by atoms with Crippen molar-refractivity contribution in [2.24, 2.45) is 5.92 Å². The molecule has 0 saturated carbocycles. The van der Waals surface area contributed by atoms with Gasteiger partial charge in [-0.25, -0.2) is 13.1 Å². The quantitative estimate of drug-likeness (QED) is 0.860. The van der Waals surface area contributed by atoms with E-state index >= 15 is 0 Å². The van der Waals surface area contributed by atoms with Crippen LogP contribution in [0.15, 0.2) is 24.3 Å². The zero-order chi connectivity index (χ0) is 12.2. The van der Waals surface area contributed by atoms with Crippen molar-refractivity contribution in [3.8, 4) is 0 Å². The molecule has 5 heteroatoms. The maximum absolute atomic E-state index is 11.5. The molecule has 0 spiro atoms. The molecule has 0 fully saturated rings. The molecule has 1 aromatic carbocycles. The van der Waals surface area contributed by atoms with Gasteiger partial charge in [0.1, 0.15) is 0 Å². The van der Waals surface area contributed by atoms with Gasteiger partial charge in [0, 0.05) is 5.56 Å². The summed E-state index contributed by atoms with van der Waals surface area (Å²) in [5.41, 5.74) is 0.311. The number of hydrogen-bond donors (Lipinski definition) is 1. The minimum absolute atomic E-state index is 0.0191. The number of nitrogens with one attached hydrogen (secondary N) is 1. The van der Waals surface area contributed by atoms with Crippen molar-refractivity contribution in [3.05, 3.63) is 35.9 Å². The number of carbonyl (C=O) groups is 1. The van der Waals surface area contributed by atoms with Crippen molar-refractivity contribution in [1.29, 1.82) is 0 Å². The average molecular weight is 240 g/mol. The fourth-order valence-corrected chi connectivity index (χ4v) is 2.58. The fraction of sp³-hybridized carbons (Fsp3) is 0.364. The van der Waals surface area contributed by atoms with Crippen molar-refractivity contribution >= 4 is 15.9 Å². The summed E-state index contributed by atoms with van der Waals surface area (Å²) >= 11 is 0. The lowest BCUT2D eigenvalue weighted by molar-refractivity contribution is 0.0981. The first kappa shape index (κ1) is 12.7. The molecule has 0 aliphatic heterocycles. The predicted molar refractivity (Wildman–Crippen MR) is 61.4 cm³/mol. The third kappa shape index (κ3) is 4.02. The summed E-state index contributed by atoms with van der Waals surface area (Å²) in [7, 11) is -3.54. The molecule has 0 heterocycles. The lowest BCUT2D eigenvalue weighted by Crippen LogP contribution is -2.33. The lowest BCUT2D eigenvalue weighted by atomic mass is 10.2. The van der Waals surface area contributed by atoms with E-state index < -0.39 is 15.9 Å². The number of amides is 1. The highest BCUT2D eigenvalue weighted by Gasteiger charge is 2.17. The molecule has 0 aliphatic rings. The van der Waals surface area contributed by atoms with Crippen molar-refractivity contribution in [3.63, 3.8) is 0 Å². The van der Waals surface area contributed by atoms with Crippen LogP contribution in [0.25, 0.3) is 0 Å². The molecule has 0 atom stereocenters. The molecule has 1 aromatic rings. The molecule has 1 N–H and O–H groups in total. The van der Waals surface area contributed by atoms with E-state index in [-0.39, 0.29) is 11.7 Å². The van der Waals surface area contributed by atoms with Gasteiger partial charge >= 0.3 is 0 Å². The molecule has 1 rings (SSSR count). The van der Waals surface area contributed by atoms with E-state index in [1.165, 1.54) is 12.1 Å². The number of hydrogen-bond acceptors (Lipinski definition) is 3. The largest absolute Gasteiger partial charge is 0.268 e. The predicted octanol–water partition coefficient (Wildman–Crippen LogP) is 1.20. The Kier molecular flexibility index (Phi) is 4.06. The van der Waals surface area contributed by atoms with Gasteiger partial charge in [0.25, 0.3) is 5.91 Å². The number of sulfonamides is 1. The normalized spacial score (nSPS) is 11.4. The molecule has 87 valence electrons. The summed E-state index contributed by atoms with van der Waals surface area (Å²) in [4.78, 5) is 11.5. The van der Waals surface area contributed by atoms with Gasteiger partial charge in [-0.1, -0.05) is 26.0 Å². The summed E-state index contributed by atoms with van der Waals surface area (Å²) in [6.07, 6.45) is 0. The van der Waals surface area contributed by atoms with Crippen molar-refractivity contribution in [2.45, 2.75) is 13.8 Å². The van der Waals surface area contributed by atoms with Crippen LogP contribution in [0.1, 0.15) is 24.2 Å². The summed E-state index contributed by atoms with van der Waals surface area (Å²) in [5.74, 6) is -0.679. The third-order valence-corrected chi connectivity index (χ3v) is 3.38. The van der Waals surface area contributed by atoms with E-state index in [0.717, 1.165) is 0 Å². The van der Waals surface area contributed by atoms with E-state index in [9.17, 15) is 13.2 Å². The van der Waals surface area contributed by atoms with Gasteiger partial charge in [-0.3, -0.25) is 4.79 Å². The number of benzene rings is 1. The standard InChI is InChI=1S/C11H14NO3S/c1-9(2)8-16(14,15)12-11(13)10-6-4-3-5-7-10/h4-7,9H,8H2,1-2H3,(H,12,13). The Bertz CT molecular complexity index is 451. The van der Waals surface area contributed by atoms with Crippen LogP contribution in [0.5, 0.6) is 0 Å². The Morgan fingerprint density at radius 1 is 1.38 bits per heavy atom. The highest BCUT2D eigenvalue weighted by molar-refractivity contribution is 7.90. The first-order valence-electron chi connectivity index (χ1n) is 4.91. The summed E-state index contributed by atoms with van der Waals surface area (Å²) in [6, 6.07) is 8.90. The van der Waals surface area contributed by atoms with Crippen molar-refractivity contribution in [1.82, 2.24) is 4.72 Å². The Hall–Kier alpha value is -1.36. The van der Waals surface area contributed by atoms with Crippen LogP contribution < -0.4 is 4.72 Å². The zero-order valence-corrected chi connectivity index (χ0v) is 10.0. The van der Waals surface area contributed by atoms with Crippen LogP contribution >= 0.6 is 0 Å². The lowest BCUT2D eigenvalue weighted by Gasteiger charge is -2.08. The second kappa shape index (κ2) is 5.12. The Labute approximate surface area is 95.7 Å². The molecule has 0 unspecified atom stereocenters. The number of carbonyl (C=O) groups excluding carboxylic acids is 1. The Balaban J connectivity index is 2.73. The fourth-order valence-electron chi connectivity index (χ4n) is 1.22. The number of rotatable bonds is 4. The average Bonchev–Trinajstić information content (AvgIpc) is 2.16. The van der Waals surface area contributed by atoms with E-state index in [4.69, 9.17) is 0 Å².